The summed E-state index contributed by atoms with van der Waals surface area (Å²) in [6, 6.07) is 7.08. The van der Waals surface area contributed by atoms with Crippen LogP contribution in [0.4, 0.5) is 0 Å². The summed E-state index contributed by atoms with van der Waals surface area (Å²) in [4.78, 5) is 12.9. The van der Waals surface area contributed by atoms with Gasteiger partial charge in [0.1, 0.15) is 17.4 Å². The van der Waals surface area contributed by atoms with Gasteiger partial charge in [0.15, 0.2) is 28.8 Å². The van der Waals surface area contributed by atoms with Crippen LogP contribution in [0.1, 0.15) is 28.4 Å². The second-order valence-corrected chi connectivity index (χ2v) is 5.87. The quantitative estimate of drug-likeness (QED) is 0.767. The van der Waals surface area contributed by atoms with Crippen LogP contribution in [0.5, 0.6) is 34.5 Å². The van der Waals surface area contributed by atoms with Gasteiger partial charge in [-0.3, -0.25) is 4.79 Å². The molecule has 1 aliphatic rings. The van der Waals surface area contributed by atoms with E-state index in [0.717, 1.165) is 5.56 Å². The number of rotatable bonds is 6. The van der Waals surface area contributed by atoms with Crippen LogP contribution >= 0.6 is 0 Å². The molecule has 0 saturated heterocycles. The van der Waals surface area contributed by atoms with Gasteiger partial charge in [0.2, 0.25) is 5.75 Å². The minimum Gasteiger partial charge on any atom is -0.493 e. The molecule has 7 heteroatoms. The Morgan fingerprint density at radius 1 is 0.815 bits per heavy atom. The molecule has 0 aliphatic carbocycles. The van der Waals surface area contributed by atoms with Crippen LogP contribution in [-0.2, 0) is 0 Å². The molecule has 144 valence electrons. The zero-order chi connectivity index (χ0) is 19.6. The summed E-state index contributed by atoms with van der Waals surface area (Å²) in [5, 5.41) is 0. The number of fused-ring (bicyclic) bond motifs is 1. The lowest BCUT2D eigenvalue weighted by Crippen LogP contribution is -2.21. The minimum absolute atomic E-state index is 0.103. The van der Waals surface area contributed by atoms with Gasteiger partial charge in [-0.15, -0.1) is 0 Å². The van der Waals surface area contributed by atoms with E-state index in [-0.39, 0.29) is 12.2 Å². The molecule has 0 N–H and O–H groups in total. The number of hydrogen-bond acceptors (Lipinski definition) is 7. The van der Waals surface area contributed by atoms with Gasteiger partial charge in [0.05, 0.1) is 42.0 Å². The standard InChI is InChI=1S/C20H22O7/c1-22-13-7-6-11(8-15(13)23-2)14-9-12(21)18-16(27-14)10-17(24-3)19(25-4)20(18)26-5/h6-8,10,14H,9H2,1-5H3. The van der Waals surface area contributed by atoms with Crippen LogP contribution in [0, 0.1) is 0 Å². The van der Waals surface area contributed by atoms with E-state index in [1.54, 1.807) is 32.4 Å². The van der Waals surface area contributed by atoms with Gasteiger partial charge in [0.25, 0.3) is 0 Å². The highest BCUT2D eigenvalue weighted by atomic mass is 16.5. The molecule has 2 aromatic rings. The second-order valence-electron chi connectivity index (χ2n) is 5.87. The predicted molar refractivity (Wildman–Crippen MR) is 98.0 cm³/mol. The Morgan fingerprint density at radius 2 is 1.48 bits per heavy atom. The summed E-state index contributed by atoms with van der Waals surface area (Å²) in [6.45, 7) is 0. The molecule has 0 fully saturated rings. The van der Waals surface area contributed by atoms with Crippen LogP contribution in [0.15, 0.2) is 24.3 Å². The first-order valence-corrected chi connectivity index (χ1v) is 8.32. The number of ketones is 1. The average Bonchev–Trinajstić information content (AvgIpc) is 2.71. The summed E-state index contributed by atoms with van der Waals surface area (Å²) in [7, 11) is 7.62. The molecule has 2 aromatic carbocycles. The van der Waals surface area contributed by atoms with Crippen LogP contribution in [0.25, 0.3) is 0 Å². The molecule has 0 saturated carbocycles. The first kappa shape index (κ1) is 18.7. The van der Waals surface area contributed by atoms with Crippen molar-refractivity contribution in [1.29, 1.82) is 0 Å². The van der Waals surface area contributed by atoms with Crippen molar-refractivity contribution in [2.75, 3.05) is 35.5 Å². The maximum atomic E-state index is 12.9. The van der Waals surface area contributed by atoms with Crippen molar-refractivity contribution in [3.63, 3.8) is 0 Å². The van der Waals surface area contributed by atoms with Crippen LogP contribution in [0.3, 0.4) is 0 Å². The van der Waals surface area contributed by atoms with Crippen LogP contribution in [-0.4, -0.2) is 41.3 Å². The molecule has 1 heterocycles. The molecule has 1 unspecified atom stereocenters. The van der Waals surface area contributed by atoms with Crippen LogP contribution in [0.2, 0.25) is 0 Å². The van der Waals surface area contributed by atoms with E-state index in [9.17, 15) is 4.79 Å². The Kier molecular flexibility index (Phi) is 5.30. The highest BCUT2D eigenvalue weighted by molar-refractivity contribution is 6.04. The summed E-state index contributed by atoms with van der Waals surface area (Å²) in [5.74, 6) is 2.56. The van der Waals surface area contributed by atoms with Crippen molar-refractivity contribution in [3.05, 3.63) is 35.4 Å². The van der Waals surface area contributed by atoms with E-state index >= 15 is 0 Å². The molecular weight excluding hydrogens is 352 g/mol. The summed E-state index contributed by atoms with van der Waals surface area (Å²) in [5.41, 5.74) is 1.16. The van der Waals surface area contributed by atoms with E-state index in [0.29, 0.717) is 40.1 Å². The first-order valence-electron chi connectivity index (χ1n) is 8.32. The van der Waals surface area contributed by atoms with Crippen molar-refractivity contribution in [2.45, 2.75) is 12.5 Å². The van der Waals surface area contributed by atoms with E-state index < -0.39 is 6.10 Å². The summed E-state index contributed by atoms with van der Waals surface area (Å²) in [6.07, 6.45) is -0.304. The normalized spacial score (nSPS) is 15.4. The number of methoxy groups -OCH3 is 5. The lowest BCUT2D eigenvalue weighted by atomic mass is 9.95. The highest BCUT2D eigenvalue weighted by Gasteiger charge is 2.34. The SMILES string of the molecule is COc1ccc(C2CC(=O)c3c(cc(OC)c(OC)c3OC)O2)cc1OC. The zero-order valence-corrected chi connectivity index (χ0v) is 16.0. The van der Waals surface area contributed by atoms with E-state index in [4.69, 9.17) is 28.4 Å². The van der Waals surface area contributed by atoms with Gasteiger partial charge in [-0.2, -0.15) is 0 Å². The third-order valence-electron chi connectivity index (χ3n) is 4.49. The lowest BCUT2D eigenvalue weighted by Gasteiger charge is -2.28. The number of benzene rings is 2. The fourth-order valence-electron chi connectivity index (χ4n) is 3.20. The molecule has 0 amide bonds. The van der Waals surface area contributed by atoms with Crippen molar-refractivity contribution >= 4 is 5.78 Å². The van der Waals surface area contributed by atoms with Crippen molar-refractivity contribution in [2.24, 2.45) is 0 Å². The molecule has 7 nitrogen and oxygen atoms in total. The molecule has 3 rings (SSSR count). The number of Topliss-reactive ketones (excluding diaryl/α,β-unsaturated/α-hetero) is 1. The Hall–Kier alpha value is -3.09. The monoisotopic (exact) mass is 374 g/mol. The number of carbonyl (C=O) groups excluding carboxylic acids is 1. The van der Waals surface area contributed by atoms with Crippen molar-refractivity contribution < 1.29 is 33.2 Å². The molecule has 0 aromatic heterocycles. The minimum atomic E-state index is -0.465. The molecule has 1 aliphatic heterocycles. The fraction of sp³-hybridized carbons (Fsp3) is 0.350. The average molecular weight is 374 g/mol. The lowest BCUT2D eigenvalue weighted by molar-refractivity contribution is 0.0842. The third-order valence-corrected chi connectivity index (χ3v) is 4.49. The van der Waals surface area contributed by atoms with Gasteiger partial charge in [0, 0.05) is 6.07 Å². The smallest absolute Gasteiger partial charge is 0.204 e. The Bertz CT molecular complexity index is 860. The van der Waals surface area contributed by atoms with E-state index in [1.807, 2.05) is 6.07 Å². The number of ether oxygens (including phenoxy) is 6. The molecular formula is C20H22O7. The van der Waals surface area contributed by atoms with Gasteiger partial charge in [-0.25, -0.2) is 0 Å². The Morgan fingerprint density at radius 3 is 2.07 bits per heavy atom. The van der Waals surface area contributed by atoms with Gasteiger partial charge in [-0.05, 0) is 17.7 Å². The fourth-order valence-corrected chi connectivity index (χ4v) is 3.20. The molecule has 27 heavy (non-hydrogen) atoms. The van der Waals surface area contributed by atoms with E-state index in [1.165, 1.54) is 21.3 Å². The molecule has 0 radical (unpaired) electrons. The number of hydrogen-bond donors (Lipinski definition) is 0. The number of carbonyl (C=O) groups is 1. The first-order chi connectivity index (χ1) is 13.1. The van der Waals surface area contributed by atoms with E-state index in [2.05, 4.69) is 0 Å². The maximum absolute atomic E-state index is 12.9. The highest BCUT2D eigenvalue weighted by Crippen LogP contribution is 2.49. The maximum Gasteiger partial charge on any atom is 0.204 e. The predicted octanol–water partition coefficient (Wildman–Crippen LogP) is 3.44. The van der Waals surface area contributed by atoms with Crippen molar-refractivity contribution in [3.8, 4) is 34.5 Å². The Labute approximate surface area is 157 Å². The summed E-state index contributed by atoms with van der Waals surface area (Å²) >= 11 is 0. The van der Waals surface area contributed by atoms with Gasteiger partial charge < -0.3 is 28.4 Å². The van der Waals surface area contributed by atoms with Crippen LogP contribution < -0.4 is 28.4 Å². The van der Waals surface area contributed by atoms with Gasteiger partial charge in [-0.1, -0.05) is 6.07 Å². The third kappa shape index (κ3) is 3.20. The topological polar surface area (TPSA) is 72.5 Å². The molecule has 1 atom stereocenters. The zero-order valence-electron chi connectivity index (χ0n) is 16.0. The second kappa shape index (κ2) is 7.65. The molecule has 0 bridgehead atoms. The molecule has 0 spiro atoms. The summed E-state index contributed by atoms with van der Waals surface area (Å²) < 4.78 is 32.8. The van der Waals surface area contributed by atoms with Gasteiger partial charge >= 0.3 is 0 Å². The Balaban J connectivity index is 2.05. The van der Waals surface area contributed by atoms with Crippen molar-refractivity contribution in [1.82, 2.24) is 0 Å². The largest absolute Gasteiger partial charge is 0.493 e.